The molecule has 0 amide bonds. The summed E-state index contributed by atoms with van der Waals surface area (Å²) in [6.45, 7) is 4.94. The number of halogens is 1. The van der Waals surface area contributed by atoms with E-state index in [1.165, 1.54) is 19.2 Å². The molecule has 0 fully saturated rings. The van der Waals surface area contributed by atoms with Crippen LogP contribution in [0.3, 0.4) is 0 Å². The van der Waals surface area contributed by atoms with Gasteiger partial charge in [0.2, 0.25) is 0 Å². The van der Waals surface area contributed by atoms with Crippen LogP contribution in [0.25, 0.3) is 5.69 Å². The van der Waals surface area contributed by atoms with Gasteiger partial charge in [-0.15, -0.1) is 0 Å². The van der Waals surface area contributed by atoms with Gasteiger partial charge in [0, 0.05) is 24.8 Å². The minimum atomic E-state index is -1.05. The molecule has 4 rings (SSSR count). The van der Waals surface area contributed by atoms with Gasteiger partial charge in [0.15, 0.2) is 0 Å². The molecule has 1 aliphatic heterocycles. The van der Waals surface area contributed by atoms with E-state index >= 15 is 0 Å². The Kier molecular flexibility index (Phi) is 6.63. The van der Waals surface area contributed by atoms with Crippen molar-refractivity contribution in [2.75, 3.05) is 7.11 Å². The molecular weight excluding hydrogens is 423 g/mol. The molecule has 0 radical (unpaired) electrons. The number of ether oxygens (including phenoxy) is 2. The van der Waals surface area contributed by atoms with E-state index in [2.05, 4.69) is 18.1 Å². The predicted octanol–water partition coefficient (Wildman–Crippen LogP) is 4.47. The van der Waals surface area contributed by atoms with Crippen molar-refractivity contribution in [1.82, 2.24) is 14.7 Å². The van der Waals surface area contributed by atoms with E-state index in [0.717, 1.165) is 29.8 Å². The number of benzene rings is 2. The molecule has 1 N–H and O–H groups in total. The van der Waals surface area contributed by atoms with Gasteiger partial charge in [0.25, 0.3) is 0 Å². The maximum atomic E-state index is 13.2. The summed E-state index contributed by atoms with van der Waals surface area (Å²) in [4.78, 5) is 1.85. The lowest BCUT2D eigenvalue weighted by Gasteiger charge is -2.27. The second-order valence-electron chi connectivity index (χ2n) is 8.19. The Bertz CT molecular complexity index is 1150. The van der Waals surface area contributed by atoms with Crippen molar-refractivity contribution in [2.45, 2.75) is 52.1 Å². The number of nitrogens with zero attached hydrogens (tertiary/aromatic N) is 4. The molecule has 33 heavy (non-hydrogen) atoms. The lowest BCUT2D eigenvalue weighted by molar-refractivity contribution is -0.00697. The van der Waals surface area contributed by atoms with Crippen molar-refractivity contribution in [3.8, 4) is 23.3 Å². The fourth-order valence-corrected chi connectivity index (χ4v) is 4.18. The predicted molar refractivity (Wildman–Crippen MR) is 120 cm³/mol. The molecule has 0 aliphatic carbocycles. The van der Waals surface area contributed by atoms with Crippen LogP contribution in [0.1, 0.15) is 55.3 Å². The van der Waals surface area contributed by atoms with E-state index < -0.39 is 6.23 Å². The number of aliphatic hydroxyl groups is 1. The first-order chi connectivity index (χ1) is 15.9. The molecule has 0 spiro atoms. The summed E-state index contributed by atoms with van der Waals surface area (Å²) >= 11 is 0. The average Bonchev–Trinajstić information content (AvgIpc) is 3.38. The fraction of sp³-hybridized carbons (Fsp3) is 0.360. The summed E-state index contributed by atoms with van der Waals surface area (Å²) in [7, 11) is 1.48. The third-order valence-electron chi connectivity index (χ3n) is 5.80. The lowest BCUT2D eigenvalue weighted by atomic mass is 10.1. The number of aliphatic hydroxyl groups excluding tert-OH is 1. The first-order valence-electron chi connectivity index (χ1n) is 11.0. The highest BCUT2D eigenvalue weighted by Gasteiger charge is 2.33. The Labute approximate surface area is 192 Å². The van der Waals surface area contributed by atoms with Crippen LogP contribution in [-0.2, 0) is 13.1 Å². The minimum Gasteiger partial charge on any atom is -0.495 e. The third-order valence-corrected chi connectivity index (χ3v) is 5.80. The SMILES string of the molecule is CCCC(C)Oc1ccc(C#N)c(OC)c1C(O)N1Cc2cn(-c3ccc(F)cc3)nc2C1. The van der Waals surface area contributed by atoms with Crippen LogP contribution < -0.4 is 9.47 Å². The summed E-state index contributed by atoms with van der Waals surface area (Å²) in [6.07, 6.45) is 2.62. The van der Waals surface area contributed by atoms with Crippen LogP contribution in [0.2, 0.25) is 0 Å². The molecule has 2 aromatic carbocycles. The smallest absolute Gasteiger partial charge is 0.147 e. The maximum absolute atomic E-state index is 13.2. The molecule has 2 heterocycles. The van der Waals surface area contributed by atoms with Gasteiger partial charge in [0.1, 0.15) is 29.6 Å². The fourth-order valence-electron chi connectivity index (χ4n) is 4.18. The Morgan fingerprint density at radius 3 is 2.61 bits per heavy atom. The minimum absolute atomic E-state index is 0.0482. The van der Waals surface area contributed by atoms with E-state index in [-0.39, 0.29) is 11.9 Å². The molecule has 1 aromatic heterocycles. The van der Waals surface area contributed by atoms with Gasteiger partial charge in [-0.25, -0.2) is 9.07 Å². The van der Waals surface area contributed by atoms with Gasteiger partial charge in [-0.2, -0.15) is 10.4 Å². The highest BCUT2D eigenvalue weighted by molar-refractivity contribution is 5.56. The topological polar surface area (TPSA) is 83.5 Å². The summed E-state index contributed by atoms with van der Waals surface area (Å²) in [5.41, 5.74) is 3.34. The summed E-state index contributed by atoms with van der Waals surface area (Å²) in [6, 6.07) is 11.6. The number of methoxy groups -OCH3 is 1. The average molecular weight is 451 g/mol. The summed E-state index contributed by atoms with van der Waals surface area (Å²) in [5.74, 6) is 0.514. The van der Waals surface area contributed by atoms with E-state index in [1.807, 2.05) is 18.0 Å². The van der Waals surface area contributed by atoms with Crippen molar-refractivity contribution in [3.63, 3.8) is 0 Å². The monoisotopic (exact) mass is 450 g/mol. The maximum Gasteiger partial charge on any atom is 0.147 e. The number of fused-ring (bicyclic) bond motifs is 1. The van der Waals surface area contributed by atoms with Crippen molar-refractivity contribution in [2.24, 2.45) is 0 Å². The molecule has 3 aromatic rings. The standard InChI is InChI=1S/C25H27FN4O3/c1-4-5-16(2)33-22-11-6-17(12-27)24(32-3)23(22)25(31)29-13-18-14-30(28-21(18)15-29)20-9-7-19(26)8-10-20/h6-11,14,16,25,31H,4-5,13,15H2,1-3H3. The van der Waals surface area contributed by atoms with E-state index in [9.17, 15) is 14.8 Å². The molecule has 172 valence electrons. The lowest BCUT2D eigenvalue weighted by Crippen LogP contribution is -2.25. The van der Waals surface area contributed by atoms with Crippen molar-refractivity contribution >= 4 is 0 Å². The molecule has 2 unspecified atom stereocenters. The summed E-state index contributed by atoms with van der Waals surface area (Å²) in [5, 5.41) is 25.5. The van der Waals surface area contributed by atoms with Gasteiger partial charge < -0.3 is 14.6 Å². The second-order valence-corrected chi connectivity index (χ2v) is 8.19. The van der Waals surface area contributed by atoms with Crippen LogP contribution >= 0.6 is 0 Å². The van der Waals surface area contributed by atoms with Crippen LogP contribution in [0.15, 0.2) is 42.6 Å². The van der Waals surface area contributed by atoms with Crippen LogP contribution in [0.4, 0.5) is 4.39 Å². The highest BCUT2D eigenvalue weighted by atomic mass is 19.1. The Balaban J connectivity index is 1.61. The van der Waals surface area contributed by atoms with Gasteiger partial charge in [0.05, 0.1) is 35.7 Å². The molecule has 8 heteroatoms. The third kappa shape index (κ3) is 4.56. The largest absolute Gasteiger partial charge is 0.495 e. The van der Waals surface area contributed by atoms with Gasteiger partial charge >= 0.3 is 0 Å². The second kappa shape index (κ2) is 9.61. The summed E-state index contributed by atoms with van der Waals surface area (Å²) < 4.78 is 26.6. The molecule has 7 nitrogen and oxygen atoms in total. The molecule has 2 atom stereocenters. The number of rotatable bonds is 8. The zero-order valence-electron chi connectivity index (χ0n) is 19.0. The number of hydrogen-bond donors (Lipinski definition) is 1. The molecule has 0 saturated heterocycles. The van der Waals surface area contributed by atoms with Gasteiger partial charge in [-0.3, -0.25) is 4.90 Å². The Morgan fingerprint density at radius 1 is 1.21 bits per heavy atom. The normalized spacial score (nSPS) is 15.0. The van der Waals surface area contributed by atoms with Gasteiger partial charge in [-0.1, -0.05) is 13.3 Å². The molecular formula is C25H27FN4O3. The van der Waals surface area contributed by atoms with Gasteiger partial charge in [-0.05, 0) is 49.7 Å². The zero-order chi connectivity index (χ0) is 23.5. The van der Waals surface area contributed by atoms with E-state index in [1.54, 1.807) is 28.9 Å². The number of aromatic nitrogens is 2. The van der Waals surface area contributed by atoms with E-state index in [0.29, 0.717) is 35.7 Å². The molecule has 0 bridgehead atoms. The Morgan fingerprint density at radius 2 is 1.97 bits per heavy atom. The first kappa shape index (κ1) is 22.8. The van der Waals surface area contributed by atoms with Crippen molar-refractivity contribution in [1.29, 1.82) is 5.26 Å². The number of nitriles is 1. The Hall–Kier alpha value is -3.41. The molecule has 1 aliphatic rings. The first-order valence-corrected chi connectivity index (χ1v) is 11.0. The van der Waals surface area contributed by atoms with E-state index in [4.69, 9.17) is 9.47 Å². The zero-order valence-corrected chi connectivity index (χ0v) is 19.0. The molecule has 0 saturated carbocycles. The quantitative estimate of drug-likeness (QED) is 0.545. The van der Waals surface area contributed by atoms with Crippen molar-refractivity contribution in [3.05, 3.63) is 70.8 Å². The van der Waals surface area contributed by atoms with Crippen LogP contribution in [0.5, 0.6) is 11.5 Å². The number of hydrogen-bond acceptors (Lipinski definition) is 6. The van der Waals surface area contributed by atoms with Crippen molar-refractivity contribution < 1.29 is 19.0 Å². The van der Waals surface area contributed by atoms with Crippen LogP contribution in [-0.4, -0.2) is 33.0 Å². The van der Waals surface area contributed by atoms with Crippen LogP contribution in [0, 0.1) is 17.1 Å². The highest BCUT2D eigenvalue weighted by Crippen LogP contribution is 2.41.